The van der Waals surface area contributed by atoms with E-state index in [9.17, 15) is 4.79 Å². The number of hydrogen-bond acceptors (Lipinski definition) is 5. The van der Waals surface area contributed by atoms with Crippen molar-refractivity contribution in [2.75, 3.05) is 26.1 Å². The minimum absolute atomic E-state index is 0.164. The number of methoxy groups -OCH3 is 1. The van der Waals surface area contributed by atoms with E-state index >= 15 is 0 Å². The summed E-state index contributed by atoms with van der Waals surface area (Å²) in [6.45, 7) is 1.46. The Kier molecular flexibility index (Phi) is 5.29. The van der Waals surface area contributed by atoms with Gasteiger partial charge in [0.1, 0.15) is 0 Å². The number of esters is 1. The molecule has 0 aliphatic carbocycles. The van der Waals surface area contributed by atoms with Crippen molar-refractivity contribution in [3.63, 3.8) is 0 Å². The zero-order valence-corrected chi connectivity index (χ0v) is 9.22. The Morgan fingerprint density at radius 2 is 2.50 bits per heavy atom. The number of hydrogen-bond donors (Lipinski definition) is 1. The Bertz CT molecular complexity index is 189. The van der Waals surface area contributed by atoms with E-state index in [1.165, 1.54) is 7.11 Å². The van der Waals surface area contributed by atoms with E-state index < -0.39 is 0 Å². The van der Waals surface area contributed by atoms with Crippen LogP contribution in [0.5, 0.6) is 0 Å². The summed E-state index contributed by atoms with van der Waals surface area (Å²) in [7, 11) is 1.41. The minimum atomic E-state index is -0.164. The van der Waals surface area contributed by atoms with E-state index in [-0.39, 0.29) is 12.0 Å². The molecule has 1 saturated heterocycles. The largest absolute Gasteiger partial charge is 0.469 e. The summed E-state index contributed by atoms with van der Waals surface area (Å²) in [4.78, 5) is 10.8. The van der Waals surface area contributed by atoms with Crippen molar-refractivity contribution in [1.82, 2.24) is 0 Å². The summed E-state index contributed by atoms with van der Waals surface area (Å²) in [5.41, 5.74) is 5.91. The molecular weight excluding hydrogens is 202 g/mol. The molecule has 2 unspecified atom stereocenters. The highest BCUT2D eigenvalue weighted by Gasteiger charge is 2.22. The maximum Gasteiger partial charge on any atom is 0.306 e. The van der Waals surface area contributed by atoms with Gasteiger partial charge in [-0.15, -0.1) is 0 Å². The Balaban J connectivity index is 2.13. The summed E-state index contributed by atoms with van der Waals surface area (Å²) >= 11 is 1.70. The van der Waals surface area contributed by atoms with Crippen molar-refractivity contribution in [2.45, 2.75) is 24.1 Å². The summed E-state index contributed by atoms with van der Waals surface area (Å²) in [5, 5.41) is 0.327. The van der Waals surface area contributed by atoms with Gasteiger partial charge in [-0.25, -0.2) is 0 Å². The van der Waals surface area contributed by atoms with Crippen molar-refractivity contribution in [2.24, 2.45) is 5.73 Å². The van der Waals surface area contributed by atoms with Gasteiger partial charge in [0, 0.05) is 23.7 Å². The van der Waals surface area contributed by atoms with Gasteiger partial charge in [-0.3, -0.25) is 4.79 Å². The van der Waals surface area contributed by atoms with Crippen LogP contribution in [0.15, 0.2) is 0 Å². The van der Waals surface area contributed by atoms with E-state index in [4.69, 9.17) is 10.5 Å². The molecule has 0 saturated carbocycles. The van der Waals surface area contributed by atoms with Gasteiger partial charge in [0.2, 0.25) is 0 Å². The van der Waals surface area contributed by atoms with Gasteiger partial charge in [-0.2, -0.15) is 11.8 Å². The van der Waals surface area contributed by atoms with Crippen LogP contribution in [0.3, 0.4) is 0 Å². The highest BCUT2D eigenvalue weighted by molar-refractivity contribution is 8.00. The molecule has 0 aromatic heterocycles. The predicted molar refractivity (Wildman–Crippen MR) is 56.3 cm³/mol. The van der Waals surface area contributed by atoms with Crippen LogP contribution < -0.4 is 5.73 Å². The van der Waals surface area contributed by atoms with Gasteiger partial charge < -0.3 is 15.2 Å². The van der Waals surface area contributed by atoms with Crippen LogP contribution in [0.25, 0.3) is 0 Å². The summed E-state index contributed by atoms with van der Waals surface area (Å²) in [6, 6.07) is 0.200. The summed E-state index contributed by atoms with van der Waals surface area (Å²) < 4.78 is 9.87. The second-order valence-electron chi connectivity index (χ2n) is 3.26. The highest BCUT2D eigenvalue weighted by Crippen LogP contribution is 2.20. The maximum absolute atomic E-state index is 10.8. The Hall–Kier alpha value is -0.260. The molecule has 4 nitrogen and oxygen atoms in total. The lowest BCUT2D eigenvalue weighted by molar-refractivity contribution is -0.140. The number of ether oxygens (including phenoxy) is 2. The average molecular weight is 219 g/mol. The third-order valence-electron chi connectivity index (χ3n) is 2.22. The molecule has 0 spiro atoms. The molecule has 0 bridgehead atoms. The Morgan fingerprint density at radius 1 is 1.71 bits per heavy atom. The molecule has 2 atom stereocenters. The molecule has 1 aliphatic rings. The van der Waals surface area contributed by atoms with E-state index in [1.54, 1.807) is 11.8 Å². The SMILES string of the molecule is COC(=O)CCSC1COCCC1N. The van der Waals surface area contributed by atoms with Crippen LogP contribution in [-0.2, 0) is 14.3 Å². The van der Waals surface area contributed by atoms with E-state index in [0.29, 0.717) is 18.3 Å². The molecular formula is C9H17NO3S. The smallest absolute Gasteiger partial charge is 0.306 e. The Labute approximate surface area is 88.5 Å². The first-order chi connectivity index (χ1) is 6.74. The molecule has 2 N–H and O–H groups in total. The minimum Gasteiger partial charge on any atom is -0.469 e. The third kappa shape index (κ3) is 3.86. The quantitative estimate of drug-likeness (QED) is 0.693. The van der Waals surface area contributed by atoms with Crippen molar-refractivity contribution in [3.8, 4) is 0 Å². The van der Waals surface area contributed by atoms with Crippen LogP contribution in [0.2, 0.25) is 0 Å². The number of nitrogens with two attached hydrogens (primary N) is 1. The van der Waals surface area contributed by atoms with Gasteiger partial charge in [0.05, 0.1) is 20.1 Å². The van der Waals surface area contributed by atoms with Crippen molar-refractivity contribution < 1.29 is 14.3 Å². The predicted octanol–water partition coefficient (Wildman–Crippen LogP) is 0.399. The molecule has 0 radical (unpaired) electrons. The zero-order chi connectivity index (χ0) is 10.4. The van der Waals surface area contributed by atoms with Crippen molar-refractivity contribution in [3.05, 3.63) is 0 Å². The molecule has 1 fully saturated rings. The standard InChI is InChI=1S/C9H17NO3S/c1-12-9(11)3-5-14-8-6-13-4-2-7(8)10/h7-8H,2-6,10H2,1H3. The fraction of sp³-hybridized carbons (Fsp3) is 0.889. The van der Waals surface area contributed by atoms with Crippen LogP contribution in [0, 0.1) is 0 Å². The normalized spacial score (nSPS) is 27.3. The summed E-state index contributed by atoms with van der Waals surface area (Å²) in [6.07, 6.45) is 1.36. The van der Waals surface area contributed by atoms with Crippen LogP contribution >= 0.6 is 11.8 Å². The lowest BCUT2D eigenvalue weighted by Gasteiger charge is -2.27. The van der Waals surface area contributed by atoms with Gasteiger partial charge in [-0.05, 0) is 6.42 Å². The van der Waals surface area contributed by atoms with Gasteiger partial charge >= 0.3 is 5.97 Å². The molecule has 1 aliphatic heterocycles. The van der Waals surface area contributed by atoms with E-state index in [2.05, 4.69) is 4.74 Å². The first-order valence-electron chi connectivity index (χ1n) is 4.75. The third-order valence-corrected chi connectivity index (χ3v) is 3.57. The fourth-order valence-corrected chi connectivity index (χ4v) is 2.46. The lowest BCUT2D eigenvalue weighted by atomic mass is 10.1. The van der Waals surface area contributed by atoms with Crippen LogP contribution in [-0.4, -0.2) is 43.3 Å². The molecule has 82 valence electrons. The number of carbonyl (C=O) groups is 1. The van der Waals surface area contributed by atoms with Gasteiger partial charge in [0.15, 0.2) is 0 Å². The second kappa shape index (κ2) is 6.27. The van der Waals surface area contributed by atoms with Crippen LogP contribution in [0.1, 0.15) is 12.8 Å². The molecule has 5 heteroatoms. The van der Waals surface area contributed by atoms with Gasteiger partial charge in [-0.1, -0.05) is 0 Å². The van der Waals surface area contributed by atoms with Crippen LogP contribution in [0.4, 0.5) is 0 Å². The fourth-order valence-electron chi connectivity index (χ4n) is 1.30. The van der Waals surface area contributed by atoms with E-state index in [1.807, 2.05) is 0 Å². The van der Waals surface area contributed by atoms with E-state index in [0.717, 1.165) is 18.8 Å². The molecule has 0 amide bonds. The second-order valence-corrected chi connectivity index (χ2v) is 4.61. The topological polar surface area (TPSA) is 61.5 Å². The molecule has 1 rings (SSSR count). The van der Waals surface area contributed by atoms with Crippen molar-refractivity contribution in [1.29, 1.82) is 0 Å². The zero-order valence-electron chi connectivity index (χ0n) is 8.40. The lowest BCUT2D eigenvalue weighted by Crippen LogP contribution is -2.41. The number of rotatable bonds is 4. The monoisotopic (exact) mass is 219 g/mol. The average Bonchev–Trinajstić information content (AvgIpc) is 2.20. The molecule has 0 aromatic carbocycles. The Morgan fingerprint density at radius 3 is 3.14 bits per heavy atom. The first-order valence-corrected chi connectivity index (χ1v) is 5.80. The number of carbonyl (C=O) groups excluding carboxylic acids is 1. The highest BCUT2D eigenvalue weighted by atomic mass is 32.2. The maximum atomic E-state index is 10.8. The molecule has 1 heterocycles. The number of thioether (sulfide) groups is 1. The van der Waals surface area contributed by atoms with Gasteiger partial charge in [0.25, 0.3) is 0 Å². The summed E-state index contributed by atoms with van der Waals surface area (Å²) in [5.74, 6) is 0.594. The molecule has 14 heavy (non-hydrogen) atoms. The van der Waals surface area contributed by atoms with Crippen molar-refractivity contribution >= 4 is 17.7 Å². The first kappa shape index (κ1) is 11.8. The molecule has 0 aromatic rings.